The number of carbonyl (C=O) groups is 5. The van der Waals surface area contributed by atoms with Crippen LogP contribution in [0, 0.1) is 70.0 Å². The van der Waals surface area contributed by atoms with Crippen molar-refractivity contribution < 1.29 is 33.4 Å². The Balaban J connectivity index is 0.000000165. The molecule has 5 saturated carbocycles. The molecule has 0 N–H and O–H groups in total. The molecule has 5 fully saturated rings. The minimum Gasteiger partial charge on any atom is -0.451 e. The number of rotatable bonds is 3. The molecule has 0 aromatic heterocycles. The molecule has 0 aromatic carbocycles. The molecule has 12 atom stereocenters. The van der Waals surface area contributed by atoms with E-state index in [1.54, 1.807) is 13.0 Å². The molecular formula is C45H57ClO7. The van der Waals surface area contributed by atoms with Crippen LogP contribution in [0.1, 0.15) is 131 Å². The third-order valence-corrected chi connectivity index (χ3v) is 16.9. The van der Waals surface area contributed by atoms with Crippen molar-refractivity contribution in [2.75, 3.05) is 0 Å². The van der Waals surface area contributed by atoms with Gasteiger partial charge in [0.2, 0.25) is 0 Å². The number of esters is 2. The van der Waals surface area contributed by atoms with Crippen LogP contribution in [0.15, 0.2) is 34.4 Å². The average molecular weight is 745 g/mol. The first-order valence-corrected chi connectivity index (χ1v) is 20.6. The Morgan fingerprint density at radius 2 is 1.40 bits per heavy atom. The van der Waals surface area contributed by atoms with Gasteiger partial charge in [-0.05, 0) is 149 Å². The maximum absolute atomic E-state index is 12.7. The first kappa shape index (κ1) is 38.3. The molecule has 0 spiro atoms. The fourth-order valence-electron chi connectivity index (χ4n) is 14.0. The summed E-state index contributed by atoms with van der Waals surface area (Å²) in [7, 11) is 0. The van der Waals surface area contributed by atoms with Gasteiger partial charge >= 0.3 is 11.9 Å². The highest BCUT2D eigenvalue weighted by Gasteiger charge is 2.68. The van der Waals surface area contributed by atoms with Crippen molar-refractivity contribution >= 4 is 40.9 Å². The zero-order chi connectivity index (χ0) is 38.3. The Labute approximate surface area is 320 Å². The SMILES string of the molecule is C#C[C@]1(OC(C)=O)CC[C@H]2[C@@H]3CCC4=CC(=O)CC[C@@H]4[C@H]3CC[C@@]21C.CC(=O)O[C@]1(C(C)=O)CC[C@H]2[C@@H]3C=C(Cl)C4=CC(=O)CC[C@]4(C)[C@H]3CC[C@@]21C. The zero-order valence-corrected chi connectivity index (χ0v) is 33.2. The average Bonchev–Trinajstić information content (AvgIpc) is 3.56. The molecule has 286 valence electrons. The highest BCUT2D eigenvalue weighted by molar-refractivity contribution is 6.32. The van der Waals surface area contributed by atoms with Crippen molar-refractivity contribution in [3.63, 3.8) is 0 Å². The molecule has 0 unspecified atom stereocenters. The molecule has 0 aromatic rings. The lowest BCUT2D eigenvalue weighted by atomic mass is 9.48. The van der Waals surface area contributed by atoms with Gasteiger partial charge in [0.1, 0.15) is 0 Å². The van der Waals surface area contributed by atoms with Gasteiger partial charge in [0.05, 0.1) is 0 Å². The fraction of sp³-hybridized carbons (Fsp3) is 0.711. The minimum atomic E-state index is -1.03. The Morgan fingerprint density at radius 3 is 2.08 bits per heavy atom. The molecule has 53 heavy (non-hydrogen) atoms. The molecule has 0 aliphatic heterocycles. The number of terminal acetylenes is 1. The molecule has 0 amide bonds. The lowest BCUT2D eigenvalue weighted by Crippen LogP contribution is -2.58. The van der Waals surface area contributed by atoms with Gasteiger partial charge in [-0.3, -0.25) is 24.0 Å². The summed E-state index contributed by atoms with van der Waals surface area (Å²) >= 11 is 6.71. The number of Topliss-reactive ketones (excluding diaryl/α,β-unsaturated/α-hetero) is 1. The Bertz CT molecular complexity index is 1760. The van der Waals surface area contributed by atoms with E-state index in [-0.39, 0.29) is 51.6 Å². The number of hydrogen-bond acceptors (Lipinski definition) is 7. The number of halogens is 1. The van der Waals surface area contributed by atoms with Crippen LogP contribution in [0.4, 0.5) is 0 Å². The Hall–Kier alpha value is -2.98. The van der Waals surface area contributed by atoms with Gasteiger partial charge in [0, 0.05) is 42.6 Å². The Kier molecular flexibility index (Phi) is 9.65. The summed E-state index contributed by atoms with van der Waals surface area (Å²) in [5.74, 6) is 5.99. The van der Waals surface area contributed by atoms with E-state index in [9.17, 15) is 24.0 Å². The second-order valence-corrected chi connectivity index (χ2v) is 19.0. The van der Waals surface area contributed by atoms with Crippen molar-refractivity contribution in [1.29, 1.82) is 0 Å². The zero-order valence-electron chi connectivity index (χ0n) is 32.5. The smallest absolute Gasteiger partial charge is 0.304 e. The second kappa shape index (κ2) is 13.3. The quantitative estimate of drug-likeness (QED) is 0.210. The molecule has 0 radical (unpaired) electrons. The number of fused-ring (bicyclic) bond motifs is 10. The van der Waals surface area contributed by atoms with Gasteiger partial charge in [0.25, 0.3) is 0 Å². The fourth-order valence-corrected chi connectivity index (χ4v) is 14.4. The summed E-state index contributed by atoms with van der Waals surface area (Å²) in [4.78, 5) is 60.2. The van der Waals surface area contributed by atoms with Crippen LogP contribution >= 0.6 is 11.6 Å². The van der Waals surface area contributed by atoms with E-state index in [2.05, 4.69) is 32.8 Å². The number of allylic oxidation sites excluding steroid dienone is 5. The van der Waals surface area contributed by atoms with Crippen LogP contribution in [0.5, 0.6) is 0 Å². The number of hydrogen-bond donors (Lipinski definition) is 0. The van der Waals surface area contributed by atoms with E-state index in [0.717, 1.165) is 76.2 Å². The minimum absolute atomic E-state index is 0.0490. The predicted octanol–water partition coefficient (Wildman–Crippen LogP) is 8.82. The molecule has 0 bridgehead atoms. The third-order valence-electron chi connectivity index (χ3n) is 16.5. The second-order valence-electron chi connectivity index (χ2n) is 18.6. The lowest BCUT2D eigenvalue weighted by Gasteiger charge is -2.57. The van der Waals surface area contributed by atoms with Crippen molar-refractivity contribution in [3.8, 4) is 12.3 Å². The van der Waals surface area contributed by atoms with Crippen LogP contribution in [0.25, 0.3) is 0 Å². The van der Waals surface area contributed by atoms with Gasteiger partial charge in [0.15, 0.2) is 28.6 Å². The third kappa shape index (κ3) is 5.69. The first-order valence-electron chi connectivity index (χ1n) is 20.2. The van der Waals surface area contributed by atoms with Gasteiger partial charge in [-0.25, -0.2) is 0 Å². The highest BCUT2D eigenvalue weighted by Crippen LogP contribution is 2.69. The topological polar surface area (TPSA) is 104 Å². The Morgan fingerprint density at radius 1 is 0.736 bits per heavy atom. The van der Waals surface area contributed by atoms with Crippen LogP contribution in [-0.2, 0) is 33.4 Å². The summed E-state index contributed by atoms with van der Waals surface area (Å²) < 4.78 is 11.6. The molecular weight excluding hydrogens is 688 g/mol. The molecule has 8 rings (SSSR count). The molecule has 0 heterocycles. The van der Waals surface area contributed by atoms with Gasteiger partial charge in [-0.2, -0.15) is 0 Å². The van der Waals surface area contributed by atoms with Crippen molar-refractivity contribution in [3.05, 3.63) is 34.4 Å². The normalized spacial score (nSPS) is 45.0. The van der Waals surface area contributed by atoms with Crippen LogP contribution in [0.3, 0.4) is 0 Å². The van der Waals surface area contributed by atoms with Crippen molar-refractivity contribution in [2.45, 2.75) is 143 Å². The maximum Gasteiger partial charge on any atom is 0.304 e. The van der Waals surface area contributed by atoms with E-state index < -0.39 is 11.2 Å². The number of ether oxygens (including phenoxy) is 2. The summed E-state index contributed by atoms with van der Waals surface area (Å²) in [5.41, 5.74) is 0.0334. The molecule has 8 aliphatic rings. The highest BCUT2D eigenvalue weighted by atomic mass is 35.5. The lowest BCUT2D eigenvalue weighted by molar-refractivity contribution is -0.185. The monoisotopic (exact) mass is 744 g/mol. The van der Waals surface area contributed by atoms with E-state index in [0.29, 0.717) is 59.7 Å². The van der Waals surface area contributed by atoms with Crippen molar-refractivity contribution in [2.24, 2.45) is 57.7 Å². The predicted molar refractivity (Wildman–Crippen MR) is 202 cm³/mol. The summed E-state index contributed by atoms with van der Waals surface area (Å²) in [6, 6.07) is 0. The summed E-state index contributed by atoms with van der Waals surface area (Å²) in [5, 5.41) is 0.689. The van der Waals surface area contributed by atoms with E-state index in [1.807, 2.05) is 6.08 Å². The van der Waals surface area contributed by atoms with Gasteiger partial charge < -0.3 is 9.47 Å². The summed E-state index contributed by atoms with van der Waals surface area (Å²) in [6.07, 6.45) is 24.3. The maximum atomic E-state index is 12.7. The summed E-state index contributed by atoms with van der Waals surface area (Å²) in [6.45, 7) is 11.1. The van der Waals surface area contributed by atoms with Gasteiger partial charge in [-0.1, -0.05) is 49.9 Å². The molecule has 8 heteroatoms. The van der Waals surface area contributed by atoms with Crippen LogP contribution in [0.2, 0.25) is 0 Å². The van der Waals surface area contributed by atoms with Crippen molar-refractivity contribution in [1.82, 2.24) is 0 Å². The first-order chi connectivity index (χ1) is 24.9. The molecule has 7 nitrogen and oxygen atoms in total. The number of ketones is 3. The standard InChI is InChI=1S/C23H29ClO4.C22H28O3/c1-13(25)23(28-14(2)26)10-7-18-16-12-20(24)19-11-15(27)5-8-21(19,3)17(16)6-9-22(18,23)4;1-4-22(25-14(2)23)12-10-20-19-7-5-15-13-16(24)6-8-17(15)18(19)9-11-21(20,22)3/h11-12,16-18H,5-10H2,1-4H3;1,13,17-20H,5-12H2,2-3H3/t16-,17+,18+,21-,22+,23+;17-,18+,19+,20-,21-,22-/m10/s1. The van der Waals surface area contributed by atoms with E-state index in [4.69, 9.17) is 27.5 Å². The van der Waals surface area contributed by atoms with Crippen LogP contribution < -0.4 is 0 Å². The molecule has 0 saturated heterocycles. The largest absolute Gasteiger partial charge is 0.451 e. The van der Waals surface area contributed by atoms with E-state index >= 15 is 0 Å². The van der Waals surface area contributed by atoms with Crippen LogP contribution in [-0.4, -0.2) is 40.5 Å². The van der Waals surface area contributed by atoms with Gasteiger partial charge in [-0.15, -0.1) is 6.42 Å². The van der Waals surface area contributed by atoms with E-state index in [1.165, 1.54) is 19.4 Å². The number of carbonyl (C=O) groups excluding carboxylic acids is 5. The molecule has 8 aliphatic carbocycles.